The van der Waals surface area contributed by atoms with Gasteiger partial charge in [-0.15, -0.1) is 0 Å². The molecular weight excluding hydrogens is 294 g/mol. The second-order valence-electron chi connectivity index (χ2n) is 3.99. The Hall–Kier alpha value is -1.88. The van der Waals surface area contributed by atoms with E-state index in [0.29, 0.717) is 0 Å². The van der Waals surface area contributed by atoms with Crippen molar-refractivity contribution in [1.82, 2.24) is 4.98 Å². The molecule has 1 N–H and O–H groups in total. The van der Waals surface area contributed by atoms with Crippen LogP contribution >= 0.6 is 15.9 Å². The third-order valence-electron chi connectivity index (χ3n) is 2.73. The fraction of sp³-hybridized carbons (Fsp3) is 0.0769. The van der Waals surface area contributed by atoms with Gasteiger partial charge in [0.15, 0.2) is 5.82 Å². The molecule has 0 atom stereocenters. The van der Waals surface area contributed by atoms with E-state index in [1.54, 1.807) is 6.20 Å². The number of fused-ring (bicyclic) bond motifs is 1. The van der Waals surface area contributed by atoms with Gasteiger partial charge >= 0.3 is 0 Å². The molecule has 1 aromatic heterocycles. The third kappa shape index (κ3) is 1.97. The summed E-state index contributed by atoms with van der Waals surface area (Å²) in [5.74, 6) is 0.732. The van der Waals surface area contributed by atoms with Gasteiger partial charge < -0.3 is 10.2 Å². The molecule has 5 heteroatoms. The van der Waals surface area contributed by atoms with Gasteiger partial charge in [0.05, 0.1) is 5.69 Å². The number of nitrogens with zero attached hydrogens (tertiary/aromatic N) is 2. The number of carbonyl (C=O) groups excluding carboxylic acids is 1. The largest absolute Gasteiger partial charge is 0.321 e. The lowest BCUT2D eigenvalue weighted by molar-refractivity contribution is -0.115. The Labute approximate surface area is 113 Å². The summed E-state index contributed by atoms with van der Waals surface area (Å²) in [4.78, 5) is 18.0. The highest BCUT2D eigenvalue weighted by atomic mass is 79.9. The molecule has 0 spiro atoms. The molecule has 1 amide bonds. The van der Waals surface area contributed by atoms with Crippen molar-refractivity contribution in [2.45, 2.75) is 0 Å². The first-order valence-corrected chi connectivity index (χ1v) is 6.31. The summed E-state index contributed by atoms with van der Waals surface area (Å²) >= 11 is 3.35. The molecule has 1 aliphatic heterocycles. The van der Waals surface area contributed by atoms with Gasteiger partial charge in [0.2, 0.25) is 5.91 Å². The summed E-state index contributed by atoms with van der Waals surface area (Å²) in [5, 5.41) is 2.83. The number of anilines is 3. The van der Waals surface area contributed by atoms with Crippen LogP contribution in [0.2, 0.25) is 0 Å². The number of hydrogen-bond donors (Lipinski definition) is 1. The Bertz CT molecular complexity index is 600. The number of amides is 1. The normalized spacial score (nSPS) is 14.1. The number of hydrogen-bond acceptors (Lipinski definition) is 3. The molecule has 18 heavy (non-hydrogen) atoms. The average molecular weight is 304 g/mol. The first kappa shape index (κ1) is 11.2. The first-order chi connectivity index (χ1) is 8.74. The quantitative estimate of drug-likeness (QED) is 0.881. The van der Waals surface area contributed by atoms with E-state index in [2.05, 4.69) is 26.2 Å². The van der Waals surface area contributed by atoms with Crippen LogP contribution in [0.3, 0.4) is 0 Å². The highest BCUT2D eigenvalue weighted by Crippen LogP contribution is 2.34. The van der Waals surface area contributed by atoms with Crippen molar-refractivity contribution in [2.75, 3.05) is 16.8 Å². The summed E-state index contributed by atoms with van der Waals surface area (Å²) < 4.78 is 0.844. The van der Waals surface area contributed by atoms with Gasteiger partial charge in [-0.25, -0.2) is 4.98 Å². The van der Waals surface area contributed by atoms with Gasteiger partial charge in [-0.05, 0) is 34.1 Å². The lowest BCUT2D eigenvalue weighted by Gasteiger charge is -2.29. The maximum absolute atomic E-state index is 11.7. The number of rotatable bonds is 1. The molecular formula is C13H10BrN3O. The molecule has 4 nitrogen and oxygen atoms in total. The number of para-hydroxylation sites is 1. The molecule has 2 aromatic rings. The number of nitrogens with one attached hydrogen (secondary N) is 1. The Kier molecular flexibility index (Phi) is 2.76. The molecule has 1 aromatic carbocycles. The number of carbonyl (C=O) groups is 1. The van der Waals surface area contributed by atoms with Crippen molar-refractivity contribution in [3.05, 3.63) is 47.1 Å². The molecule has 0 saturated heterocycles. The predicted molar refractivity (Wildman–Crippen MR) is 74.0 cm³/mol. The van der Waals surface area contributed by atoms with Crippen LogP contribution in [-0.4, -0.2) is 17.4 Å². The van der Waals surface area contributed by atoms with E-state index < -0.39 is 0 Å². The summed E-state index contributed by atoms with van der Waals surface area (Å²) in [6.07, 6.45) is 1.73. The van der Waals surface area contributed by atoms with Crippen LogP contribution in [0.1, 0.15) is 0 Å². The number of pyridine rings is 1. The van der Waals surface area contributed by atoms with E-state index in [0.717, 1.165) is 21.7 Å². The Morgan fingerprint density at radius 3 is 2.83 bits per heavy atom. The standard InChI is InChI=1S/C13H10BrN3O/c14-9-6-11-13(15-7-9)17(8-12(18)16-11)10-4-2-1-3-5-10/h1-7H,8H2,(H,16,18). The Morgan fingerprint density at radius 1 is 1.28 bits per heavy atom. The SMILES string of the molecule is O=C1CN(c2ccccc2)c2ncc(Br)cc2N1. The Morgan fingerprint density at radius 2 is 2.06 bits per heavy atom. The van der Waals surface area contributed by atoms with Gasteiger partial charge in [0, 0.05) is 16.4 Å². The smallest absolute Gasteiger partial charge is 0.244 e. The lowest BCUT2D eigenvalue weighted by atomic mass is 10.2. The molecule has 0 radical (unpaired) electrons. The van der Waals surface area contributed by atoms with Crippen LogP contribution in [0.25, 0.3) is 0 Å². The van der Waals surface area contributed by atoms with Crippen molar-refractivity contribution in [3.8, 4) is 0 Å². The molecule has 3 rings (SSSR count). The molecule has 90 valence electrons. The molecule has 0 saturated carbocycles. The summed E-state index contributed by atoms with van der Waals surface area (Å²) in [6.45, 7) is 0.283. The highest BCUT2D eigenvalue weighted by molar-refractivity contribution is 9.10. The van der Waals surface area contributed by atoms with Crippen LogP contribution in [0.15, 0.2) is 47.1 Å². The topological polar surface area (TPSA) is 45.2 Å². The van der Waals surface area contributed by atoms with Crippen molar-refractivity contribution < 1.29 is 4.79 Å². The van der Waals surface area contributed by atoms with Gasteiger partial charge in [-0.1, -0.05) is 18.2 Å². The van der Waals surface area contributed by atoms with Crippen LogP contribution < -0.4 is 10.2 Å². The third-order valence-corrected chi connectivity index (χ3v) is 3.17. The lowest BCUT2D eigenvalue weighted by Crippen LogP contribution is -2.35. The average Bonchev–Trinajstić information content (AvgIpc) is 2.38. The van der Waals surface area contributed by atoms with Crippen molar-refractivity contribution in [1.29, 1.82) is 0 Å². The van der Waals surface area contributed by atoms with Gasteiger partial charge in [-0.2, -0.15) is 0 Å². The zero-order valence-corrected chi connectivity index (χ0v) is 11.0. The molecule has 0 aliphatic carbocycles. The van der Waals surface area contributed by atoms with E-state index in [-0.39, 0.29) is 12.5 Å². The second-order valence-corrected chi connectivity index (χ2v) is 4.91. The maximum Gasteiger partial charge on any atom is 0.244 e. The minimum atomic E-state index is -0.0359. The molecule has 0 unspecified atom stereocenters. The monoisotopic (exact) mass is 303 g/mol. The van der Waals surface area contributed by atoms with Crippen molar-refractivity contribution >= 4 is 39.0 Å². The number of aromatic nitrogens is 1. The molecule has 2 heterocycles. The summed E-state index contributed by atoms with van der Waals surface area (Å²) in [6, 6.07) is 11.6. The van der Waals surface area contributed by atoms with E-state index in [4.69, 9.17) is 0 Å². The molecule has 0 fully saturated rings. The van der Waals surface area contributed by atoms with Crippen molar-refractivity contribution in [3.63, 3.8) is 0 Å². The zero-order chi connectivity index (χ0) is 12.5. The molecule has 1 aliphatic rings. The predicted octanol–water partition coefficient (Wildman–Crippen LogP) is 2.93. The van der Waals surface area contributed by atoms with Crippen LogP contribution in [0, 0.1) is 0 Å². The number of benzene rings is 1. The van der Waals surface area contributed by atoms with Gasteiger partial charge in [0.1, 0.15) is 6.54 Å². The zero-order valence-electron chi connectivity index (χ0n) is 9.43. The van der Waals surface area contributed by atoms with Gasteiger partial charge in [-0.3, -0.25) is 4.79 Å². The minimum absolute atomic E-state index is 0.0359. The number of halogens is 1. The highest BCUT2D eigenvalue weighted by Gasteiger charge is 2.24. The van der Waals surface area contributed by atoms with E-state index in [1.165, 1.54) is 0 Å². The van der Waals surface area contributed by atoms with Crippen LogP contribution in [-0.2, 0) is 4.79 Å². The van der Waals surface area contributed by atoms with Gasteiger partial charge in [0.25, 0.3) is 0 Å². The van der Waals surface area contributed by atoms with E-state index in [9.17, 15) is 4.79 Å². The second kappa shape index (κ2) is 4.42. The fourth-order valence-electron chi connectivity index (χ4n) is 1.97. The fourth-order valence-corrected chi connectivity index (χ4v) is 2.30. The first-order valence-electron chi connectivity index (χ1n) is 5.52. The van der Waals surface area contributed by atoms with E-state index in [1.807, 2.05) is 41.3 Å². The van der Waals surface area contributed by atoms with E-state index >= 15 is 0 Å². The van der Waals surface area contributed by atoms with Crippen LogP contribution in [0.5, 0.6) is 0 Å². The maximum atomic E-state index is 11.7. The summed E-state index contributed by atoms with van der Waals surface area (Å²) in [5.41, 5.74) is 1.69. The Balaban J connectivity index is 2.10. The summed E-state index contributed by atoms with van der Waals surface area (Å²) in [7, 11) is 0. The minimum Gasteiger partial charge on any atom is -0.321 e. The molecule has 0 bridgehead atoms. The van der Waals surface area contributed by atoms with Crippen LogP contribution in [0.4, 0.5) is 17.2 Å². The van der Waals surface area contributed by atoms with Crippen molar-refractivity contribution in [2.24, 2.45) is 0 Å².